The van der Waals surface area contributed by atoms with E-state index >= 15 is 0 Å². The predicted octanol–water partition coefficient (Wildman–Crippen LogP) is 6.96. The molecule has 47 heavy (non-hydrogen) atoms. The van der Waals surface area contributed by atoms with Crippen LogP contribution in [0.3, 0.4) is 0 Å². The quantitative estimate of drug-likeness (QED) is 0.103. The number of nitrogens with zero attached hydrogens (tertiary/aromatic N) is 1. The third-order valence-corrected chi connectivity index (χ3v) is 12.7. The molecule has 1 amide bonds. The molecule has 0 aliphatic heterocycles. The monoisotopic (exact) mass is 658 g/mol. The second-order valence-corrected chi connectivity index (χ2v) is 16.1. The summed E-state index contributed by atoms with van der Waals surface area (Å²) in [4.78, 5) is 38.1. The lowest BCUT2D eigenvalue weighted by Gasteiger charge is -2.58. The number of ether oxygens (including phenoxy) is 3. The molecule has 4 rings (SSSR count). The smallest absolute Gasteiger partial charge is 0.320 e. The number of hydrogen-bond donors (Lipinski definition) is 1. The first-order valence-corrected chi connectivity index (χ1v) is 19.0. The van der Waals surface area contributed by atoms with Crippen molar-refractivity contribution in [2.45, 2.75) is 125 Å². The van der Waals surface area contributed by atoms with Crippen molar-refractivity contribution in [2.24, 2.45) is 46.3 Å². The molecule has 0 bridgehead atoms. The molecule has 4 aliphatic carbocycles. The van der Waals surface area contributed by atoms with Crippen LogP contribution in [-0.2, 0) is 28.6 Å². The van der Waals surface area contributed by atoms with Gasteiger partial charge >= 0.3 is 11.9 Å². The molecule has 3 fully saturated rings. The van der Waals surface area contributed by atoms with E-state index in [1.54, 1.807) is 19.4 Å². The normalized spacial score (nSPS) is 32.2. The van der Waals surface area contributed by atoms with Crippen LogP contribution >= 0.6 is 0 Å². The largest absolute Gasteiger partial charge is 0.465 e. The van der Waals surface area contributed by atoms with Crippen LogP contribution < -0.4 is 5.32 Å². The van der Waals surface area contributed by atoms with E-state index in [-0.39, 0.29) is 44.9 Å². The minimum absolute atomic E-state index is 0.0906. The standard InChI is InChI=1S/C39H66N2O6/c1-8-45-36(43)25-41(26-37(44)46-9-2)24-35(42)40-21-22-47-30-17-19-38(6)29(23-30)13-14-31-33-16-15-32(28(5)12-10-11-27(3)4)39(33,7)20-18-34(31)38/h13,27-28,30-34H,8-12,14-26H2,1-7H3,(H,40,42)/t28-,30+,31+,32-,33+,34+,38+,39-/m1/s1. The van der Waals surface area contributed by atoms with Gasteiger partial charge in [-0.25, -0.2) is 0 Å². The fraction of sp³-hybridized carbons (Fsp3) is 0.872. The molecule has 268 valence electrons. The van der Waals surface area contributed by atoms with Crippen molar-refractivity contribution in [1.82, 2.24) is 10.2 Å². The molecular weight excluding hydrogens is 592 g/mol. The number of rotatable bonds is 17. The number of allylic oxidation sites excluding steroid dienone is 1. The summed E-state index contributed by atoms with van der Waals surface area (Å²) in [6.45, 7) is 16.9. The minimum atomic E-state index is -0.475. The van der Waals surface area contributed by atoms with Crippen LogP contribution in [0.2, 0.25) is 0 Å². The van der Waals surface area contributed by atoms with Gasteiger partial charge in [0, 0.05) is 6.54 Å². The summed E-state index contributed by atoms with van der Waals surface area (Å²) in [6, 6.07) is 0. The second-order valence-electron chi connectivity index (χ2n) is 16.1. The Morgan fingerprint density at radius 3 is 2.28 bits per heavy atom. The van der Waals surface area contributed by atoms with Gasteiger partial charge in [0.15, 0.2) is 0 Å². The molecule has 0 aromatic carbocycles. The third-order valence-electron chi connectivity index (χ3n) is 12.7. The molecular formula is C39H66N2O6. The summed E-state index contributed by atoms with van der Waals surface area (Å²) < 4.78 is 16.3. The lowest BCUT2D eigenvalue weighted by atomic mass is 9.47. The van der Waals surface area contributed by atoms with Gasteiger partial charge in [0.25, 0.3) is 0 Å². The van der Waals surface area contributed by atoms with Crippen LogP contribution in [0, 0.1) is 46.3 Å². The van der Waals surface area contributed by atoms with Crippen LogP contribution in [0.25, 0.3) is 0 Å². The highest BCUT2D eigenvalue weighted by atomic mass is 16.5. The van der Waals surface area contributed by atoms with Gasteiger partial charge in [0.05, 0.1) is 45.6 Å². The van der Waals surface area contributed by atoms with Crippen LogP contribution in [-0.4, -0.2) is 74.8 Å². The topological polar surface area (TPSA) is 94.2 Å². The predicted molar refractivity (Wildman–Crippen MR) is 186 cm³/mol. The van der Waals surface area contributed by atoms with Gasteiger partial charge in [-0.1, -0.05) is 65.5 Å². The number of carbonyl (C=O) groups is 3. The summed E-state index contributed by atoms with van der Waals surface area (Å²) in [7, 11) is 0. The van der Waals surface area contributed by atoms with E-state index in [0.717, 1.165) is 48.3 Å². The van der Waals surface area contributed by atoms with E-state index in [1.807, 2.05) is 0 Å². The molecule has 0 aromatic rings. The van der Waals surface area contributed by atoms with E-state index in [9.17, 15) is 14.4 Å². The first-order chi connectivity index (χ1) is 22.4. The lowest BCUT2D eigenvalue weighted by molar-refractivity contribution is -0.148. The average Bonchev–Trinajstić information content (AvgIpc) is 3.36. The van der Waals surface area contributed by atoms with Crippen molar-refractivity contribution in [1.29, 1.82) is 0 Å². The molecule has 8 heteroatoms. The van der Waals surface area contributed by atoms with Crippen LogP contribution in [0.4, 0.5) is 0 Å². The van der Waals surface area contributed by atoms with E-state index in [2.05, 4.69) is 46.0 Å². The summed E-state index contributed by atoms with van der Waals surface area (Å²) >= 11 is 0. The van der Waals surface area contributed by atoms with E-state index < -0.39 is 11.9 Å². The summed E-state index contributed by atoms with van der Waals surface area (Å²) in [5.41, 5.74) is 2.42. The second kappa shape index (κ2) is 17.1. The minimum Gasteiger partial charge on any atom is -0.465 e. The molecule has 0 unspecified atom stereocenters. The maximum atomic E-state index is 12.7. The van der Waals surface area contributed by atoms with Crippen LogP contribution in [0.5, 0.6) is 0 Å². The molecule has 0 saturated heterocycles. The van der Waals surface area contributed by atoms with E-state index in [0.29, 0.717) is 24.0 Å². The molecule has 3 saturated carbocycles. The Labute approximate surface area is 285 Å². The fourth-order valence-electron chi connectivity index (χ4n) is 10.4. The molecule has 0 radical (unpaired) electrons. The zero-order chi connectivity index (χ0) is 34.2. The highest BCUT2D eigenvalue weighted by Gasteiger charge is 2.59. The van der Waals surface area contributed by atoms with Gasteiger partial charge in [0.2, 0.25) is 5.91 Å². The molecule has 0 aromatic heterocycles. The van der Waals surface area contributed by atoms with Crippen LogP contribution in [0.1, 0.15) is 119 Å². The zero-order valence-electron chi connectivity index (χ0n) is 30.7. The SMILES string of the molecule is CCOC(=O)CN(CC(=O)NCCO[C@H]1CC[C@@]2(C)C(=CC[C@H]3[C@@H]4CC[C@H]([C@H](C)CCCC(C)C)[C@@]4(C)CC[C@@H]32)C1)CC(=O)OCC. The Morgan fingerprint density at radius 1 is 0.915 bits per heavy atom. The third kappa shape index (κ3) is 9.40. The first kappa shape index (κ1) is 37.9. The fourth-order valence-corrected chi connectivity index (χ4v) is 10.4. The first-order valence-electron chi connectivity index (χ1n) is 19.0. The molecule has 0 heterocycles. The number of nitrogens with one attached hydrogen (secondary N) is 1. The summed E-state index contributed by atoms with van der Waals surface area (Å²) in [5, 5.41) is 2.89. The van der Waals surface area contributed by atoms with Gasteiger partial charge in [0.1, 0.15) is 0 Å². The van der Waals surface area contributed by atoms with Gasteiger partial charge < -0.3 is 19.5 Å². The molecule has 1 N–H and O–H groups in total. The summed E-state index contributed by atoms with van der Waals surface area (Å²) in [6.07, 6.45) is 17.1. The number of esters is 2. The lowest BCUT2D eigenvalue weighted by Crippen LogP contribution is -2.51. The van der Waals surface area contributed by atoms with Crippen molar-refractivity contribution in [3.63, 3.8) is 0 Å². The number of carbonyl (C=O) groups excluding carboxylic acids is 3. The maximum Gasteiger partial charge on any atom is 0.320 e. The average molecular weight is 659 g/mol. The van der Waals surface area contributed by atoms with Crippen LogP contribution in [0.15, 0.2) is 11.6 Å². The number of amides is 1. The van der Waals surface area contributed by atoms with Crippen molar-refractivity contribution < 1.29 is 28.6 Å². The van der Waals surface area contributed by atoms with Gasteiger partial charge in [-0.05, 0) is 112 Å². The van der Waals surface area contributed by atoms with Gasteiger partial charge in [-0.2, -0.15) is 0 Å². The Bertz CT molecular complexity index is 1070. The number of hydrogen-bond acceptors (Lipinski definition) is 7. The van der Waals surface area contributed by atoms with Gasteiger partial charge in [-0.15, -0.1) is 0 Å². The summed E-state index contributed by atoms with van der Waals surface area (Å²) in [5.74, 6) is 3.83. The van der Waals surface area contributed by atoms with Crippen molar-refractivity contribution in [3.05, 3.63) is 11.6 Å². The molecule has 4 aliphatic rings. The zero-order valence-corrected chi connectivity index (χ0v) is 30.7. The van der Waals surface area contributed by atoms with Crippen molar-refractivity contribution >= 4 is 17.8 Å². The Morgan fingerprint density at radius 2 is 1.62 bits per heavy atom. The molecule has 8 nitrogen and oxygen atoms in total. The molecule has 0 spiro atoms. The van der Waals surface area contributed by atoms with Gasteiger partial charge in [-0.3, -0.25) is 19.3 Å². The number of fused-ring (bicyclic) bond motifs is 5. The highest BCUT2D eigenvalue weighted by Crippen LogP contribution is 2.67. The highest BCUT2D eigenvalue weighted by molar-refractivity contribution is 5.81. The van der Waals surface area contributed by atoms with Crippen molar-refractivity contribution in [2.75, 3.05) is 46.0 Å². The maximum absolute atomic E-state index is 12.7. The van der Waals surface area contributed by atoms with E-state index in [1.165, 1.54) is 62.7 Å². The Kier molecular flexibility index (Phi) is 13.8. The van der Waals surface area contributed by atoms with E-state index in [4.69, 9.17) is 14.2 Å². The molecule has 8 atom stereocenters. The van der Waals surface area contributed by atoms with Crippen molar-refractivity contribution in [3.8, 4) is 0 Å². The Hall–Kier alpha value is -1.93. The Balaban J connectivity index is 1.25.